The van der Waals surface area contributed by atoms with Gasteiger partial charge in [0, 0.05) is 0 Å². The number of likely N-dealkylation sites (N-methyl/N-ethyl adjacent to an activating group) is 1. The van der Waals surface area contributed by atoms with E-state index in [9.17, 15) is 4.57 Å². The number of nitrogens with two attached hydrogens (primary N) is 1. The Morgan fingerprint density at radius 2 is 1.75 bits per heavy atom. The van der Waals surface area contributed by atoms with Gasteiger partial charge in [-0.1, -0.05) is 0 Å². The average molecular weight is 281 g/mol. The number of quaternary nitrogens is 1. The van der Waals surface area contributed by atoms with Crippen LogP contribution in [0.5, 0.6) is 0 Å². The molecule has 0 aromatic rings. The maximum Gasteiger partial charge on any atom is 0.469 e. The third kappa shape index (κ3) is 37.3. The van der Waals surface area contributed by atoms with Crippen molar-refractivity contribution in [1.82, 2.24) is 0 Å². The minimum Gasteiger partial charge on any atom is -0.530 e. The van der Waals surface area contributed by atoms with Gasteiger partial charge < -0.3 is 29.9 Å². The maximum atomic E-state index is 10.2. The summed E-state index contributed by atoms with van der Waals surface area (Å²) in [5.41, 5.74) is 3.92. The normalized spacial score (nSPS) is 10.8. The third-order valence-corrected chi connectivity index (χ3v) is 1.54. The van der Waals surface area contributed by atoms with E-state index in [2.05, 4.69) is 10.3 Å². The summed E-state index contributed by atoms with van der Waals surface area (Å²) >= 11 is 0. The van der Waals surface area contributed by atoms with Crippen LogP contribution in [0.25, 0.3) is 0 Å². The van der Waals surface area contributed by atoms with Crippen LogP contribution < -0.4 is 10.8 Å². The summed E-state index contributed by atoms with van der Waals surface area (Å²) in [6, 6.07) is 0. The molecule has 0 aliphatic heterocycles. The van der Waals surface area contributed by atoms with Crippen LogP contribution in [-0.4, -0.2) is 54.7 Å². The minimum absolute atomic E-state index is 0. The first kappa shape index (κ1) is 21.0. The largest absolute Gasteiger partial charge is 0.530 e. The molecule has 8 nitrogen and oxygen atoms in total. The second-order valence-electron chi connectivity index (χ2n) is 3.66. The SMILES string of the molecule is C[N+](C)(C)CCOP(=O)(O)O.Cl.NC(=O)[O-]. The lowest BCUT2D eigenvalue weighted by Gasteiger charge is -2.23. The Hall–Kier alpha value is -0.370. The molecule has 0 heterocycles. The van der Waals surface area contributed by atoms with Crippen LogP contribution in [0.2, 0.25) is 0 Å². The molecule has 16 heavy (non-hydrogen) atoms. The predicted octanol–water partition coefficient (Wildman–Crippen LogP) is -1.49. The summed E-state index contributed by atoms with van der Waals surface area (Å²) in [6.07, 6.45) is -1.58. The molecule has 0 spiro atoms. The van der Waals surface area contributed by atoms with Gasteiger partial charge in [-0.15, -0.1) is 12.4 Å². The van der Waals surface area contributed by atoms with Gasteiger partial charge in [0.25, 0.3) is 0 Å². The number of carboxylic acid groups (broad SMARTS) is 1. The molecule has 0 saturated heterocycles. The summed E-state index contributed by atoms with van der Waals surface area (Å²) in [5, 5.41) is 8.67. The second-order valence-corrected chi connectivity index (χ2v) is 4.90. The molecular weight excluding hydrogens is 263 g/mol. The molecule has 0 aliphatic carbocycles. The second kappa shape index (κ2) is 8.74. The van der Waals surface area contributed by atoms with Crippen molar-refractivity contribution < 1.29 is 33.3 Å². The Morgan fingerprint density at radius 3 is 1.94 bits per heavy atom. The van der Waals surface area contributed by atoms with Crippen molar-refractivity contribution in [1.29, 1.82) is 0 Å². The fraction of sp³-hybridized carbons (Fsp3) is 0.833. The number of hydrogen-bond acceptors (Lipinski definition) is 4. The van der Waals surface area contributed by atoms with Gasteiger partial charge in [-0.3, -0.25) is 4.52 Å². The molecule has 1 amide bonds. The summed E-state index contributed by atoms with van der Waals surface area (Å²) < 4.78 is 15.1. The van der Waals surface area contributed by atoms with Crippen molar-refractivity contribution in [2.75, 3.05) is 34.3 Å². The molecule has 0 fully saturated rings. The van der Waals surface area contributed by atoms with E-state index in [0.29, 0.717) is 11.0 Å². The Morgan fingerprint density at radius 1 is 1.44 bits per heavy atom. The van der Waals surface area contributed by atoms with Gasteiger partial charge in [-0.05, 0) is 0 Å². The molecule has 0 aliphatic rings. The van der Waals surface area contributed by atoms with Crippen LogP contribution in [0.1, 0.15) is 0 Å². The van der Waals surface area contributed by atoms with E-state index in [1.165, 1.54) is 0 Å². The zero-order valence-corrected chi connectivity index (χ0v) is 11.0. The van der Waals surface area contributed by atoms with Crippen molar-refractivity contribution in [3.05, 3.63) is 0 Å². The van der Waals surface area contributed by atoms with Gasteiger partial charge in [0.2, 0.25) is 0 Å². The first-order valence-corrected chi connectivity index (χ1v) is 5.44. The minimum atomic E-state index is -4.26. The third-order valence-electron chi connectivity index (χ3n) is 1.02. The molecule has 10 heteroatoms. The fourth-order valence-electron chi connectivity index (χ4n) is 0.434. The number of phosphoric ester groups is 1. The van der Waals surface area contributed by atoms with E-state index in [-0.39, 0.29) is 19.0 Å². The number of carbonyl (C=O) groups is 1. The van der Waals surface area contributed by atoms with Gasteiger partial charge in [-0.2, -0.15) is 0 Å². The molecular formula is C6H18ClN2O6P. The van der Waals surface area contributed by atoms with Crippen LogP contribution in [0.3, 0.4) is 0 Å². The Kier molecular flexibility index (Phi) is 11.5. The lowest BCUT2D eigenvalue weighted by Crippen LogP contribution is -2.37. The van der Waals surface area contributed by atoms with Gasteiger partial charge in [0.1, 0.15) is 19.2 Å². The van der Waals surface area contributed by atoms with Gasteiger partial charge in [-0.25, -0.2) is 4.57 Å². The van der Waals surface area contributed by atoms with Crippen LogP contribution in [0.15, 0.2) is 0 Å². The molecule has 0 bridgehead atoms. The first-order valence-electron chi connectivity index (χ1n) is 3.91. The topological polar surface area (TPSA) is 133 Å². The lowest BCUT2D eigenvalue weighted by molar-refractivity contribution is -0.870. The van der Waals surface area contributed by atoms with Crippen molar-refractivity contribution in [2.45, 2.75) is 0 Å². The van der Waals surface area contributed by atoms with Gasteiger partial charge >= 0.3 is 7.82 Å². The molecule has 0 rings (SSSR count). The Labute approximate surface area is 100 Å². The van der Waals surface area contributed by atoms with E-state index in [0.717, 1.165) is 0 Å². The number of nitrogens with zero attached hydrogens (tertiary/aromatic N) is 1. The highest BCUT2D eigenvalue weighted by Crippen LogP contribution is 2.35. The smallest absolute Gasteiger partial charge is 0.469 e. The van der Waals surface area contributed by atoms with E-state index >= 15 is 0 Å². The van der Waals surface area contributed by atoms with Gasteiger partial charge in [0.05, 0.1) is 21.1 Å². The van der Waals surface area contributed by atoms with Crippen LogP contribution >= 0.6 is 20.2 Å². The van der Waals surface area contributed by atoms with Crippen molar-refractivity contribution >= 4 is 26.3 Å². The fourth-order valence-corrected chi connectivity index (χ4v) is 0.753. The number of amides is 1. The molecule has 4 N–H and O–H groups in total. The highest BCUT2D eigenvalue weighted by Gasteiger charge is 2.15. The number of rotatable bonds is 4. The number of phosphoric acid groups is 1. The molecule has 0 saturated carbocycles. The van der Waals surface area contributed by atoms with Crippen LogP contribution in [-0.2, 0) is 9.09 Å². The first-order chi connectivity index (χ1) is 6.44. The molecule has 0 radical (unpaired) electrons. The van der Waals surface area contributed by atoms with Crippen LogP contribution in [0, 0.1) is 0 Å². The van der Waals surface area contributed by atoms with Crippen molar-refractivity contribution in [3.63, 3.8) is 0 Å². The quantitative estimate of drug-likeness (QED) is 0.424. The zero-order chi connectivity index (χ0) is 12.7. The standard InChI is InChI=1S/C5H14NO4P.CH3NO2.ClH/c1-6(2,3)4-5-10-11(7,8)9;2-1(3)4;/h4-5H2,1-3H3,(H-,7,8,9);2H2,(H,3,4);1H. The highest BCUT2D eigenvalue weighted by atomic mass is 35.5. The van der Waals surface area contributed by atoms with E-state index in [4.69, 9.17) is 19.7 Å². The maximum absolute atomic E-state index is 10.2. The number of primary amides is 1. The summed E-state index contributed by atoms with van der Waals surface area (Å²) in [4.78, 5) is 25.3. The average Bonchev–Trinajstić information content (AvgIpc) is 1.77. The molecule has 0 aromatic carbocycles. The summed E-state index contributed by atoms with van der Waals surface area (Å²) in [6.45, 7) is 0.652. The highest BCUT2D eigenvalue weighted by molar-refractivity contribution is 7.46. The Bertz CT molecular complexity index is 234. The molecule has 0 aromatic heterocycles. The van der Waals surface area contributed by atoms with Crippen molar-refractivity contribution in [2.24, 2.45) is 5.73 Å². The monoisotopic (exact) mass is 280 g/mol. The van der Waals surface area contributed by atoms with Crippen LogP contribution in [0.4, 0.5) is 4.79 Å². The predicted molar refractivity (Wildman–Crippen MR) is 57.7 cm³/mol. The van der Waals surface area contributed by atoms with E-state index in [1.807, 2.05) is 21.1 Å². The molecule has 100 valence electrons. The number of halogens is 1. The summed E-state index contributed by atoms with van der Waals surface area (Å²) in [7, 11) is 1.50. The van der Waals surface area contributed by atoms with Gasteiger partial charge in [0.15, 0.2) is 0 Å². The lowest BCUT2D eigenvalue weighted by atomic mass is 10.5. The zero-order valence-electron chi connectivity index (χ0n) is 9.32. The Balaban J connectivity index is -0.000000292. The number of hydrogen-bond donors (Lipinski definition) is 3. The molecule has 0 unspecified atom stereocenters. The van der Waals surface area contributed by atoms with E-state index < -0.39 is 13.9 Å². The van der Waals surface area contributed by atoms with Crippen molar-refractivity contribution in [3.8, 4) is 0 Å². The van der Waals surface area contributed by atoms with E-state index in [1.54, 1.807) is 0 Å². The summed E-state index contributed by atoms with van der Waals surface area (Å²) in [5.74, 6) is 0. The number of carbonyl (C=O) groups excluding carboxylic acids is 1. The molecule has 0 atom stereocenters.